The van der Waals surface area contributed by atoms with Crippen LogP contribution in [0.2, 0.25) is 0 Å². The molecule has 102 valence electrons. The molecule has 1 unspecified atom stereocenters. The Balaban J connectivity index is 3.87. The summed E-state index contributed by atoms with van der Waals surface area (Å²) in [7, 11) is 0. The van der Waals surface area contributed by atoms with Crippen molar-refractivity contribution < 1.29 is 18.3 Å². The van der Waals surface area contributed by atoms with Gasteiger partial charge in [0.25, 0.3) is 0 Å². The quantitative estimate of drug-likeness (QED) is 0.377. The van der Waals surface area contributed by atoms with Crippen molar-refractivity contribution in [2.75, 3.05) is 5.75 Å². The number of halogens is 2. The number of hydrogen-bond acceptors (Lipinski definition) is 3. The summed E-state index contributed by atoms with van der Waals surface area (Å²) in [4.78, 5) is 10.8. The summed E-state index contributed by atoms with van der Waals surface area (Å²) in [5.74, 6) is -2.10. The molecule has 0 amide bonds. The minimum absolute atomic E-state index is 0.0958. The molecular formula is C12H22F2O2S. The normalized spacial score (nSPS) is 13.8. The highest BCUT2D eigenvalue weighted by molar-refractivity contribution is 7.99. The second-order valence-electron chi connectivity index (χ2n) is 4.41. The zero-order valence-electron chi connectivity index (χ0n) is 11.0. The van der Waals surface area contributed by atoms with Gasteiger partial charge in [-0.25, -0.2) is 8.78 Å². The predicted octanol–water partition coefficient (Wildman–Crippen LogP) is 4.09. The molecule has 0 N–H and O–H groups in total. The van der Waals surface area contributed by atoms with Crippen LogP contribution in [0.5, 0.6) is 0 Å². The van der Waals surface area contributed by atoms with Crippen molar-refractivity contribution in [1.82, 2.24) is 0 Å². The van der Waals surface area contributed by atoms with Crippen LogP contribution in [0.1, 0.15) is 47.0 Å². The lowest BCUT2D eigenvalue weighted by Gasteiger charge is -2.20. The first-order chi connectivity index (χ1) is 7.78. The topological polar surface area (TPSA) is 26.3 Å². The monoisotopic (exact) mass is 268 g/mol. The van der Waals surface area contributed by atoms with Crippen molar-refractivity contribution >= 4 is 17.7 Å². The zero-order valence-corrected chi connectivity index (χ0v) is 11.8. The molecule has 17 heavy (non-hydrogen) atoms. The van der Waals surface area contributed by atoms with Crippen molar-refractivity contribution in [3.63, 3.8) is 0 Å². The summed E-state index contributed by atoms with van der Waals surface area (Å²) in [6.45, 7) is 6.74. The van der Waals surface area contributed by atoms with E-state index in [-0.39, 0.29) is 30.2 Å². The lowest BCUT2D eigenvalue weighted by Crippen LogP contribution is -2.20. The summed E-state index contributed by atoms with van der Waals surface area (Å²) in [5.41, 5.74) is -0.234. The minimum Gasteiger partial charge on any atom is -0.451 e. The molecule has 0 saturated carbocycles. The SMILES string of the molecule is CCC(F)(F)CCCSC(OC(C)=O)C(C)C. The van der Waals surface area contributed by atoms with Gasteiger partial charge in [-0.05, 0) is 18.1 Å². The van der Waals surface area contributed by atoms with Gasteiger partial charge in [0.05, 0.1) is 0 Å². The van der Waals surface area contributed by atoms with Gasteiger partial charge in [-0.1, -0.05) is 20.8 Å². The molecule has 0 heterocycles. The Labute approximate surface area is 106 Å². The second-order valence-corrected chi connectivity index (χ2v) is 5.61. The molecule has 0 rings (SSSR count). The Morgan fingerprint density at radius 1 is 1.41 bits per heavy atom. The number of esters is 1. The lowest BCUT2D eigenvalue weighted by molar-refractivity contribution is -0.143. The number of alkyl halides is 2. The number of rotatable bonds is 8. The molecular weight excluding hydrogens is 246 g/mol. The first kappa shape index (κ1) is 16.7. The van der Waals surface area contributed by atoms with E-state index in [4.69, 9.17) is 4.74 Å². The molecule has 0 bridgehead atoms. The van der Waals surface area contributed by atoms with E-state index in [1.165, 1.54) is 25.6 Å². The second kappa shape index (κ2) is 7.90. The van der Waals surface area contributed by atoms with Crippen LogP contribution in [0, 0.1) is 5.92 Å². The van der Waals surface area contributed by atoms with Crippen LogP contribution in [0.4, 0.5) is 8.78 Å². The van der Waals surface area contributed by atoms with Crippen LogP contribution in [-0.4, -0.2) is 23.1 Å². The number of ether oxygens (including phenoxy) is 1. The smallest absolute Gasteiger partial charge is 0.303 e. The van der Waals surface area contributed by atoms with Gasteiger partial charge >= 0.3 is 5.97 Å². The van der Waals surface area contributed by atoms with Crippen LogP contribution < -0.4 is 0 Å². The number of thioether (sulfide) groups is 1. The predicted molar refractivity (Wildman–Crippen MR) is 67.3 cm³/mol. The highest BCUT2D eigenvalue weighted by atomic mass is 32.2. The van der Waals surface area contributed by atoms with Gasteiger partial charge in [0.15, 0.2) is 0 Å². The Morgan fingerprint density at radius 2 is 2.00 bits per heavy atom. The van der Waals surface area contributed by atoms with Gasteiger partial charge in [-0.3, -0.25) is 4.79 Å². The van der Waals surface area contributed by atoms with Gasteiger partial charge < -0.3 is 4.74 Å². The van der Waals surface area contributed by atoms with E-state index in [1.807, 2.05) is 13.8 Å². The molecule has 0 aliphatic rings. The molecule has 0 radical (unpaired) electrons. The highest BCUT2D eigenvalue weighted by Crippen LogP contribution is 2.27. The van der Waals surface area contributed by atoms with E-state index in [1.54, 1.807) is 0 Å². The van der Waals surface area contributed by atoms with E-state index >= 15 is 0 Å². The molecule has 0 spiro atoms. The van der Waals surface area contributed by atoms with Gasteiger partial charge in [0, 0.05) is 19.8 Å². The largest absolute Gasteiger partial charge is 0.451 e. The fraction of sp³-hybridized carbons (Fsp3) is 0.917. The van der Waals surface area contributed by atoms with Crippen molar-refractivity contribution in [3.8, 4) is 0 Å². The zero-order chi connectivity index (χ0) is 13.5. The maximum atomic E-state index is 13.0. The van der Waals surface area contributed by atoms with Crippen molar-refractivity contribution in [2.24, 2.45) is 5.92 Å². The maximum absolute atomic E-state index is 13.0. The molecule has 0 saturated heterocycles. The van der Waals surface area contributed by atoms with Gasteiger partial charge in [0.2, 0.25) is 5.92 Å². The minimum atomic E-state index is -2.56. The van der Waals surface area contributed by atoms with Crippen LogP contribution in [0.15, 0.2) is 0 Å². The Hall–Kier alpha value is -0.320. The van der Waals surface area contributed by atoms with E-state index in [2.05, 4.69) is 0 Å². The average Bonchev–Trinajstić information content (AvgIpc) is 2.21. The van der Waals surface area contributed by atoms with E-state index < -0.39 is 5.92 Å². The summed E-state index contributed by atoms with van der Waals surface area (Å²) in [6.07, 6.45) is 0.229. The Morgan fingerprint density at radius 3 is 2.41 bits per heavy atom. The van der Waals surface area contributed by atoms with Crippen LogP contribution in [0.25, 0.3) is 0 Å². The van der Waals surface area contributed by atoms with E-state index in [0.29, 0.717) is 12.2 Å². The Kier molecular flexibility index (Phi) is 7.75. The maximum Gasteiger partial charge on any atom is 0.303 e. The van der Waals surface area contributed by atoms with Crippen LogP contribution in [0.3, 0.4) is 0 Å². The average molecular weight is 268 g/mol. The molecule has 2 nitrogen and oxygen atoms in total. The van der Waals surface area contributed by atoms with E-state index in [0.717, 1.165) is 0 Å². The van der Waals surface area contributed by atoms with Crippen LogP contribution in [-0.2, 0) is 9.53 Å². The van der Waals surface area contributed by atoms with Crippen molar-refractivity contribution in [2.45, 2.75) is 58.3 Å². The molecule has 0 aliphatic heterocycles. The van der Waals surface area contributed by atoms with Gasteiger partial charge in [-0.15, -0.1) is 11.8 Å². The first-order valence-corrected chi connectivity index (χ1v) is 7.00. The number of carbonyl (C=O) groups excluding carboxylic acids is 1. The van der Waals surface area contributed by atoms with Crippen molar-refractivity contribution in [1.29, 1.82) is 0 Å². The summed E-state index contributed by atoms with van der Waals surface area (Å²) < 4.78 is 31.0. The highest BCUT2D eigenvalue weighted by Gasteiger charge is 2.25. The lowest BCUT2D eigenvalue weighted by atomic mass is 10.1. The summed E-state index contributed by atoms with van der Waals surface area (Å²) in [6, 6.07) is 0. The third-order valence-electron chi connectivity index (χ3n) is 2.31. The fourth-order valence-corrected chi connectivity index (χ4v) is 2.36. The standard InChI is InChI=1S/C12H22F2O2S/c1-5-12(13,14)7-6-8-17-11(9(2)3)16-10(4)15/h9,11H,5-8H2,1-4H3. The summed E-state index contributed by atoms with van der Waals surface area (Å²) in [5, 5.41) is 0. The van der Waals surface area contributed by atoms with Crippen molar-refractivity contribution in [3.05, 3.63) is 0 Å². The van der Waals surface area contributed by atoms with E-state index in [9.17, 15) is 13.6 Å². The molecule has 0 aliphatic carbocycles. The molecule has 1 atom stereocenters. The molecule has 0 aromatic carbocycles. The van der Waals surface area contributed by atoms with Crippen LogP contribution >= 0.6 is 11.8 Å². The molecule has 0 aromatic heterocycles. The Bertz CT molecular complexity index is 233. The summed E-state index contributed by atoms with van der Waals surface area (Å²) >= 11 is 1.43. The fourth-order valence-electron chi connectivity index (χ4n) is 1.23. The third kappa shape index (κ3) is 8.41. The third-order valence-corrected chi connectivity index (χ3v) is 3.81. The first-order valence-electron chi connectivity index (χ1n) is 5.95. The molecule has 0 aromatic rings. The number of hydrogen-bond donors (Lipinski definition) is 0. The molecule has 5 heteroatoms. The number of carbonyl (C=O) groups is 1. The van der Waals surface area contributed by atoms with Gasteiger partial charge in [-0.2, -0.15) is 0 Å². The molecule has 0 fully saturated rings. The van der Waals surface area contributed by atoms with Gasteiger partial charge in [0.1, 0.15) is 5.44 Å².